The lowest BCUT2D eigenvalue weighted by Gasteiger charge is -2.18. The summed E-state index contributed by atoms with van der Waals surface area (Å²) in [5.41, 5.74) is 0.308. The van der Waals surface area contributed by atoms with Gasteiger partial charge < -0.3 is 0 Å². The number of hydrogen-bond acceptors (Lipinski definition) is 6. The first-order valence-electron chi connectivity index (χ1n) is 7.19. The number of nitrogens with one attached hydrogen (secondary N) is 1. The van der Waals surface area contributed by atoms with Gasteiger partial charge in [-0.25, -0.2) is 13.4 Å². The van der Waals surface area contributed by atoms with E-state index in [0.717, 1.165) is 11.3 Å². The minimum atomic E-state index is -3.55. The van der Waals surface area contributed by atoms with Crippen molar-refractivity contribution >= 4 is 32.4 Å². The molecule has 0 spiro atoms. The van der Waals surface area contributed by atoms with Gasteiger partial charge in [0, 0.05) is 18.7 Å². The van der Waals surface area contributed by atoms with Crippen LogP contribution in [-0.4, -0.2) is 36.7 Å². The number of rotatable bonds is 6. The molecule has 1 heterocycles. The van der Waals surface area contributed by atoms with Gasteiger partial charge in [-0.3, -0.25) is 10.1 Å². The first-order valence-corrected chi connectivity index (χ1v) is 9.45. The number of amides is 1. The number of hydrogen-bond donors (Lipinski definition) is 1. The zero-order chi connectivity index (χ0) is 17.7. The summed E-state index contributed by atoms with van der Waals surface area (Å²) in [4.78, 5) is 16.6. The standard InChI is InChI=1S/C15H16N4O3S2/c1-3-19(4-2)24(21,22)13-7-5-11(6-8-13)14(20)18-15-17-10-12(9-16)23-15/h5-8,10H,3-4H2,1-2H3,(H,17,18,20). The fraction of sp³-hybridized carbons (Fsp3) is 0.267. The molecule has 0 saturated heterocycles. The molecule has 1 aromatic carbocycles. The molecule has 126 valence electrons. The second-order valence-corrected chi connectivity index (χ2v) is 7.68. The van der Waals surface area contributed by atoms with Crippen molar-refractivity contribution in [3.63, 3.8) is 0 Å². The Morgan fingerprint density at radius 2 is 1.92 bits per heavy atom. The Balaban J connectivity index is 2.17. The van der Waals surface area contributed by atoms with E-state index in [4.69, 9.17) is 5.26 Å². The summed E-state index contributed by atoms with van der Waals surface area (Å²) in [5.74, 6) is -0.416. The van der Waals surface area contributed by atoms with Crippen molar-refractivity contribution in [1.82, 2.24) is 9.29 Å². The van der Waals surface area contributed by atoms with Crippen molar-refractivity contribution in [1.29, 1.82) is 5.26 Å². The normalized spacial score (nSPS) is 11.2. The minimum Gasteiger partial charge on any atom is -0.298 e. The highest BCUT2D eigenvalue weighted by Crippen LogP contribution is 2.19. The zero-order valence-electron chi connectivity index (χ0n) is 13.2. The molecule has 1 amide bonds. The summed E-state index contributed by atoms with van der Waals surface area (Å²) in [6.07, 6.45) is 1.38. The molecular formula is C15H16N4O3S2. The average Bonchev–Trinajstić information content (AvgIpc) is 3.03. The Bertz CT molecular complexity index is 863. The van der Waals surface area contributed by atoms with Crippen LogP contribution in [0, 0.1) is 11.3 Å². The molecule has 2 aromatic rings. The largest absolute Gasteiger partial charge is 0.298 e. The lowest BCUT2D eigenvalue weighted by molar-refractivity contribution is 0.102. The van der Waals surface area contributed by atoms with E-state index in [1.807, 2.05) is 6.07 Å². The predicted octanol–water partition coefficient (Wildman–Crippen LogP) is 2.30. The SMILES string of the molecule is CCN(CC)S(=O)(=O)c1ccc(C(=O)Nc2ncc(C#N)s2)cc1. The van der Waals surface area contributed by atoms with Crippen LogP contribution in [-0.2, 0) is 10.0 Å². The van der Waals surface area contributed by atoms with E-state index < -0.39 is 15.9 Å². The van der Waals surface area contributed by atoms with Gasteiger partial charge in [-0.1, -0.05) is 25.2 Å². The second kappa shape index (κ2) is 7.53. The minimum absolute atomic E-state index is 0.142. The van der Waals surface area contributed by atoms with Gasteiger partial charge >= 0.3 is 0 Å². The van der Waals surface area contributed by atoms with Crippen molar-refractivity contribution in [2.24, 2.45) is 0 Å². The number of nitrogens with zero attached hydrogens (tertiary/aromatic N) is 3. The molecule has 1 aromatic heterocycles. The molecule has 0 aliphatic rings. The second-order valence-electron chi connectivity index (χ2n) is 4.71. The predicted molar refractivity (Wildman–Crippen MR) is 91.3 cm³/mol. The van der Waals surface area contributed by atoms with Gasteiger partial charge in [0.15, 0.2) is 5.13 Å². The molecule has 0 bridgehead atoms. The average molecular weight is 364 g/mol. The third-order valence-corrected chi connectivity index (χ3v) is 6.18. The Morgan fingerprint density at radius 3 is 2.42 bits per heavy atom. The van der Waals surface area contributed by atoms with Crippen LogP contribution in [0.2, 0.25) is 0 Å². The van der Waals surface area contributed by atoms with E-state index in [-0.39, 0.29) is 4.90 Å². The summed E-state index contributed by atoms with van der Waals surface area (Å²) in [6, 6.07) is 7.65. The molecule has 0 saturated carbocycles. The van der Waals surface area contributed by atoms with Crippen LogP contribution in [0.15, 0.2) is 35.4 Å². The summed E-state index contributed by atoms with van der Waals surface area (Å²) < 4.78 is 26.1. The van der Waals surface area contributed by atoms with Crippen LogP contribution in [0.3, 0.4) is 0 Å². The van der Waals surface area contributed by atoms with Gasteiger partial charge in [-0.05, 0) is 24.3 Å². The van der Waals surface area contributed by atoms with Crippen LogP contribution in [0.5, 0.6) is 0 Å². The molecule has 0 unspecified atom stereocenters. The lowest BCUT2D eigenvalue weighted by Crippen LogP contribution is -2.30. The number of carbonyl (C=O) groups excluding carboxylic acids is 1. The number of benzene rings is 1. The third-order valence-electron chi connectivity index (χ3n) is 3.30. The van der Waals surface area contributed by atoms with E-state index >= 15 is 0 Å². The molecule has 0 atom stereocenters. The Hall–Kier alpha value is -2.28. The van der Waals surface area contributed by atoms with E-state index in [1.54, 1.807) is 13.8 Å². The molecule has 2 rings (SSSR count). The van der Waals surface area contributed by atoms with Crippen molar-refractivity contribution in [3.05, 3.63) is 40.9 Å². The topological polar surface area (TPSA) is 103 Å². The molecule has 9 heteroatoms. The Morgan fingerprint density at radius 1 is 1.29 bits per heavy atom. The first-order chi connectivity index (χ1) is 11.4. The highest BCUT2D eigenvalue weighted by molar-refractivity contribution is 7.89. The van der Waals surface area contributed by atoms with Gasteiger partial charge in [0.25, 0.3) is 5.91 Å². The van der Waals surface area contributed by atoms with E-state index in [0.29, 0.717) is 28.7 Å². The smallest absolute Gasteiger partial charge is 0.257 e. The zero-order valence-corrected chi connectivity index (χ0v) is 14.8. The number of aromatic nitrogens is 1. The number of sulfonamides is 1. The maximum absolute atomic E-state index is 12.4. The first kappa shape index (κ1) is 18.1. The maximum Gasteiger partial charge on any atom is 0.257 e. The number of carbonyl (C=O) groups is 1. The summed E-state index contributed by atoms with van der Waals surface area (Å²) in [6.45, 7) is 4.30. The highest BCUT2D eigenvalue weighted by Gasteiger charge is 2.21. The van der Waals surface area contributed by atoms with E-state index in [1.165, 1.54) is 34.8 Å². The molecule has 0 aliphatic carbocycles. The van der Waals surface area contributed by atoms with Gasteiger partial charge in [-0.15, -0.1) is 0 Å². The monoisotopic (exact) mass is 364 g/mol. The van der Waals surface area contributed by atoms with Crippen molar-refractivity contribution in [2.45, 2.75) is 18.7 Å². The Kier molecular flexibility index (Phi) is 5.66. The van der Waals surface area contributed by atoms with Crippen LogP contribution in [0.4, 0.5) is 5.13 Å². The van der Waals surface area contributed by atoms with Gasteiger partial charge in [-0.2, -0.15) is 9.57 Å². The molecule has 1 N–H and O–H groups in total. The summed E-state index contributed by atoms with van der Waals surface area (Å²) >= 11 is 1.07. The number of nitriles is 1. The number of thiazole rings is 1. The van der Waals surface area contributed by atoms with E-state index in [2.05, 4.69) is 10.3 Å². The van der Waals surface area contributed by atoms with Crippen molar-refractivity contribution in [2.75, 3.05) is 18.4 Å². The van der Waals surface area contributed by atoms with Crippen LogP contribution < -0.4 is 5.32 Å². The van der Waals surface area contributed by atoms with Gasteiger partial charge in [0.1, 0.15) is 10.9 Å². The van der Waals surface area contributed by atoms with Crippen LogP contribution in [0.25, 0.3) is 0 Å². The van der Waals surface area contributed by atoms with Crippen molar-refractivity contribution < 1.29 is 13.2 Å². The Labute approximate surface area is 144 Å². The molecule has 7 nitrogen and oxygen atoms in total. The molecular weight excluding hydrogens is 348 g/mol. The van der Waals surface area contributed by atoms with Crippen LogP contribution in [0.1, 0.15) is 29.1 Å². The molecule has 0 aliphatic heterocycles. The van der Waals surface area contributed by atoms with Gasteiger partial charge in [0.05, 0.1) is 11.1 Å². The fourth-order valence-electron chi connectivity index (χ4n) is 2.04. The number of anilines is 1. The highest BCUT2D eigenvalue weighted by atomic mass is 32.2. The van der Waals surface area contributed by atoms with E-state index in [9.17, 15) is 13.2 Å². The lowest BCUT2D eigenvalue weighted by atomic mass is 10.2. The van der Waals surface area contributed by atoms with Crippen LogP contribution >= 0.6 is 11.3 Å². The van der Waals surface area contributed by atoms with Gasteiger partial charge in [0.2, 0.25) is 10.0 Å². The third kappa shape index (κ3) is 3.79. The maximum atomic E-state index is 12.4. The fourth-order valence-corrected chi connectivity index (χ4v) is 4.11. The summed E-state index contributed by atoms with van der Waals surface area (Å²) in [5, 5.41) is 11.6. The molecule has 0 fully saturated rings. The summed E-state index contributed by atoms with van der Waals surface area (Å²) in [7, 11) is -3.55. The quantitative estimate of drug-likeness (QED) is 0.847. The van der Waals surface area contributed by atoms with Crippen molar-refractivity contribution in [3.8, 4) is 6.07 Å². The molecule has 24 heavy (non-hydrogen) atoms. The molecule has 0 radical (unpaired) electrons.